The second-order valence-corrected chi connectivity index (χ2v) is 6.29. The van der Waals surface area contributed by atoms with Crippen LogP contribution in [0.1, 0.15) is 32.8 Å². The number of ether oxygens (including phenoxy) is 2. The topological polar surface area (TPSA) is 90.7 Å². The number of esters is 1. The van der Waals surface area contributed by atoms with E-state index in [4.69, 9.17) is 15.2 Å². The fraction of sp³-hybridized carbons (Fsp3) is 0.556. The van der Waals surface area contributed by atoms with Crippen LogP contribution in [0.4, 0.5) is 0 Å². The van der Waals surface area contributed by atoms with Crippen molar-refractivity contribution in [2.45, 2.75) is 51.9 Å². The molecule has 3 N–H and O–H groups in total. The predicted octanol–water partition coefficient (Wildman–Crippen LogP) is 1.41. The Hall–Kier alpha value is -2.08. The minimum absolute atomic E-state index is 0.0595. The van der Waals surface area contributed by atoms with Gasteiger partial charge in [0, 0.05) is 6.42 Å². The molecule has 1 amide bonds. The second-order valence-electron chi connectivity index (χ2n) is 6.29. The first-order chi connectivity index (χ1) is 11.4. The Morgan fingerprint density at radius 1 is 1.42 bits per heavy atom. The molecule has 24 heavy (non-hydrogen) atoms. The van der Waals surface area contributed by atoms with Crippen LogP contribution in [0.15, 0.2) is 24.3 Å². The van der Waals surface area contributed by atoms with E-state index in [2.05, 4.69) is 5.32 Å². The van der Waals surface area contributed by atoms with Gasteiger partial charge in [0.15, 0.2) is 0 Å². The third-order valence-corrected chi connectivity index (χ3v) is 4.48. The first kappa shape index (κ1) is 18.3. The van der Waals surface area contributed by atoms with Crippen molar-refractivity contribution in [1.29, 1.82) is 0 Å². The number of nitrogens with one attached hydrogen (secondary N) is 1. The molecule has 0 spiro atoms. The summed E-state index contributed by atoms with van der Waals surface area (Å²) in [5.74, 6) is 0.0635. The van der Waals surface area contributed by atoms with Crippen LogP contribution in [-0.2, 0) is 20.7 Å². The van der Waals surface area contributed by atoms with Crippen molar-refractivity contribution in [3.8, 4) is 5.75 Å². The third-order valence-electron chi connectivity index (χ3n) is 4.48. The summed E-state index contributed by atoms with van der Waals surface area (Å²) >= 11 is 0. The maximum Gasteiger partial charge on any atom is 0.325 e. The molecule has 132 valence electrons. The molecule has 1 aliphatic rings. The lowest BCUT2D eigenvalue weighted by molar-refractivity contribution is -0.154. The van der Waals surface area contributed by atoms with E-state index in [0.717, 1.165) is 17.7 Å². The molecule has 0 bridgehead atoms. The van der Waals surface area contributed by atoms with Crippen molar-refractivity contribution in [1.82, 2.24) is 5.32 Å². The largest absolute Gasteiger partial charge is 0.487 e. The standard InChI is InChI=1S/C18H26N2O4/c1-4-11(2)17(19)18(22)20-10-16(21)24-15-9-13-7-5-6-8-14(13)23-12(15)3/h5-8,11-12,15,17H,4,9-10,19H2,1-3H3,(H,20,22)/t11-,12?,15?,17-/m0/s1. The summed E-state index contributed by atoms with van der Waals surface area (Å²) in [6.07, 6.45) is 0.799. The quantitative estimate of drug-likeness (QED) is 0.768. The Labute approximate surface area is 142 Å². The second kappa shape index (κ2) is 8.15. The molecule has 1 aromatic rings. The molecule has 0 saturated carbocycles. The zero-order chi connectivity index (χ0) is 17.7. The van der Waals surface area contributed by atoms with E-state index in [0.29, 0.717) is 6.42 Å². The van der Waals surface area contributed by atoms with Gasteiger partial charge in [0.25, 0.3) is 0 Å². The highest BCUT2D eigenvalue weighted by molar-refractivity contribution is 5.85. The molecule has 4 atom stereocenters. The maximum absolute atomic E-state index is 12.0. The van der Waals surface area contributed by atoms with Crippen LogP contribution in [0, 0.1) is 5.92 Å². The summed E-state index contributed by atoms with van der Waals surface area (Å²) in [5, 5.41) is 2.54. The van der Waals surface area contributed by atoms with Crippen LogP contribution >= 0.6 is 0 Å². The molecule has 6 nitrogen and oxygen atoms in total. The van der Waals surface area contributed by atoms with Crippen molar-refractivity contribution >= 4 is 11.9 Å². The highest BCUT2D eigenvalue weighted by Gasteiger charge is 2.30. The molecule has 0 saturated heterocycles. The molecular formula is C18H26N2O4. The van der Waals surface area contributed by atoms with Crippen molar-refractivity contribution < 1.29 is 19.1 Å². The number of carbonyl (C=O) groups is 2. The Kier molecular flexibility index (Phi) is 6.20. The fourth-order valence-electron chi connectivity index (χ4n) is 2.58. The number of benzene rings is 1. The van der Waals surface area contributed by atoms with Crippen LogP contribution in [0.5, 0.6) is 5.75 Å². The van der Waals surface area contributed by atoms with E-state index in [1.165, 1.54) is 0 Å². The van der Waals surface area contributed by atoms with Gasteiger partial charge in [-0.3, -0.25) is 9.59 Å². The van der Waals surface area contributed by atoms with Gasteiger partial charge < -0.3 is 20.5 Å². The van der Waals surface area contributed by atoms with E-state index in [1.807, 2.05) is 45.0 Å². The lowest BCUT2D eigenvalue weighted by atomic mass is 9.99. The summed E-state index contributed by atoms with van der Waals surface area (Å²) in [4.78, 5) is 23.9. The van der Waals surface area contributed by atoms with E-state index < -0.39 is 12.0 Å². The van der Waals surface area contributed by atoms with E-state index >= 15 is 0 Å². The fourth-order valence-corrected chi connectivity index (χ4v) is 2.58. The Morgan fingerprint density at radius 2 is 2.12 bits per heavy atom. The van der Waals surface area contributed by atoms with Crippen LogP contribution in [-0.4, -0.2) is 36.7 Å². The predicted molar refractivity (Wildman–Crippen MR) is 90.6 cm³/mol. The minimum Gasteiger partial charge on any atom is -0.487 e. The Morgan fingerprint density at radius 3 is 2.83 bits per heavy atom. The average Bonchev–Trinajstić information content (AvgIpc) is 2.58. The first-order valence-electron chi connectivity index (χ1n) is 8.39. The Bertz CT molecular complexity index is 590. The number of carbonyl (C=O) groups excluding carboxylic acids is 2. The molecule has 1 aliphatic heterocycles. The third kappa shape index (κ3) is 4.47. The number of nitrogens with two attached hydrogens (primary N) is 1. The van der Waals surface area contributed by atoms with E-state index in [1.54, 1.807) is 0 Å². The van der Waals surface area contributed by atoms with Crippen LogP contribution in [0.25, 0.3) is 0 Å². The summed E-state index contributed by atoms with van der Waals surface area (Å²) in [7, 11) is 0. The van der Waals surface area contributed by atoms with Crippen molar-refractivity contribution in [2.24, 2.45) is 11.7 Å². The van der Waals surface area contributed by atoms with Gasteiger partial charge in [0.1, 0.15) is 24.5 Å². The number of para-hydroxylation sites is 1. The number of hydrogen-bond donors (Lipinski definition) is 2. The molecule has 0 fully saturated rings. The van der Waals surface area contributed by atoms with Crippen LogP contribution < -0.4 is 15.8 Å². The number of amides is 1. The van der Waals surface area contributed by atoms with Gasteiger partial charge in [-0.1, -0.05) is 38.5 Å². The first-order valence-corrected chi connectivity index (χ1v) is 8.39. The SMILES string of the molecule is CC[C@H](C)[C@H](N)C(=O)NCC(=O)OC1Cc2ccccc2OC1C. The van der Waals surface area contributed by atoms with Gasteiger partial charge in [0.05, 0.1) is 6.04 Å². The summed E-state index contributed by atoms with van der Waals surface area (Å²) < 4.78 is 11.2. The average molecular weight is 334 g/mol. The summed E-state index contributed by atoms with van der Waals surface area (Å²) in [6, 6.07) is 7.07. The normalized spacial score (nSPS) is 21.8. The lowest BCUT2D eigenvalue weighted by Crippen LogP contribution is -2.47. The molecule has 0 aromatic heterocycles. The molecule has 0 radical (unpaired) electrons. The molecule has 1 heterocycles. The summed E-state index contributed by atoms with van der Waals surface area (Å²) in [6.45, 7) is 5.55. The van der Waals surface area contributed by atoms with Gasteiger partial charge in [-0.05, 0) is 24.5 Å². The van der Waals surface area contributed by atoms with E-state index in [9.17, 15) is 9.59 Å². The minimum atomic E-state index is -0.619. The van der Waals surface area contributed by atoms with Gasteiger partial charge in [-0.25, -0.2) is 0 Å². The Balaban J connectivity index is 1.84. The zero-order valence-corrected chi connectivity index (χ0v) is 14.5. The number of hydrogen-bond acceptors (Lipinski definition) is 5. The number of rotatable bonds is 6. The van der Waals surface area contributed by atoms with Gasteiger partial charge in [-0.15, -0.1) is 0 Å². The highest BCUT2D eigenvalue weighted by atomic mass is 16.6. The molecule has 2 unspecified atom stereocenters. The van der Waals surface area contributed by atoms with Crippen molar-refractivity contribution in [3.05, 3.63) is 29.8 Å². The van der Waals surface area contributed by atoms with Gasteiger partial charge in [-0.2, -0.15) is 0 Å². The molecule has 6 heteroatoms. The monoisotopic (exact) mass is 334 g/mol. The maximum atomic E-state index is 12.0. The smallest absolute Gasteiger partial charge is 0.325 e. The molecule has 0 aliphatic carbocycles. The zero-order valence-electron chi connectivity index (χ0n) is 14.5. The van der Waals surface area contributed by atoms with E-state index in [-0.39, 0.29) is 30.6 Å². The lowest BCUT2D eigenvalue weighted by Gasteiger charge is -2.31. The summed E-state index contributed by atoms with van der Waals surface area (Å²) in [5.41, 5.74) is 6.84. The highest BCUT2D eigenvalue weighted by Crippen LogP contribution is 2.28. The van der Waals surface area contributed by atoms with Crippen LogP contribution in [0.3, 0.4) is 0 Å². The molecule has 2 rings (SSSR count). The van der Waals surface area contributed by atoms with Crippen molar-refractivity contribution in [3.63, 3.8) is 0 Å². The number of fused-ring (bicyclic) bond motifs is 1. The van der Waals surface area contributed by atoms with Crippen LogP contribution in [0.2, 0.25) is 0 Å². The van der Waals surface area contributed by atoms with Gasteiger partial charge in [0.2, 0.25) is 5.91 Å². The molecular weight excluding hydrogens is 308 g/mol. The van der Waals surface area contributed by atoms with Crippen molar-refractivity contribution in [2.75, 3.05) is 6.54 Å². The van der Waals surface area contributed by atoms with Gasteiger partial charge >= 0.3 is 5.97 Å². The molecule has 1 aromatic carbocycles.